The molecule has 0 amide bonds. The van der Waals surface area contributed by atoms with Crippen LogP contribution in [0.2, 0.25) is 0 Å². The van der Waals surface area contributed by atoms with Crippen molar-refractivity contribution in [3.8, 4) is 0 Å². The van der Waals surface area contributed by atoms with Crippen molar-refractivity contribution in [1.82, 2.24) is 0 Å². The fraction of sp³-hybridized carbons (Fsp3) is 0.250. The number of carboxylic acids is 2. The zero-order valence-electron chi connectivity index (χ0n) is 10.2. The molecule has 2 N–H and O–H groups in total. The minimum absolute atomic E-state index is 0.118. The van der Waals surface area contributed by atoms with E-state index in [0.29, 0.717) is 0 Å². The Morgan fingerprint density at radius 2 is 1.63 bits per heavy atom. The maximum Gasteiger partial charge on any atom is 0.339 e. The van der Waals surface area contributed by atoms with Crippen LogP contribution in [0.25, 0.3) is 0 Å². The highest BCUT2D eigenvalue weighted by molar-refractivity contribution is 5.97. The lowest BCUT2D eigenvalue weighted by Gasteiger charge is -2.22. The number of hydrogen-bond acceptors (Lipinski definition) is 5. The van der Waals surface area contributed by atoms with Crippen LogP contribution in [0.5, 0.6) is 0 Å². The van der Waals surface area contributed by atoms with Gasteiger partial charge in [0.1, 0.15) is 13.1 Å². The van der Waals surface area contributed by atoms with E-state index in [1.807, 2.05) is 0 Å². The molecule has 7 heteroatoms. The van der Waals surface area contributed by atoms with Gasteiger partial charge in [0.2, 0.25) is 0 Å². The summed E-state index contributed by atoms with van der Waals surface area (Å²) in [7, 11) is 1.19. The second-order valence-electron chi connectivity index (χ2n) is 3.65. The Labute approximate surface area is 109 Å². The molecule has 1 aromatic carbocycles. The fourth-order valence-corrected chi connectivity index (χ4v) is 1.58. The van der Waals surface area contributed by atoms with Gasteiger partial charge in [0.05, 0.1) is 18.4 Å². The summed E-state index contributed by atoms with van der Waals surface area (Å²) >= 11 is 0. The normalized spacial score (nSPS) is 9.74. The van der Waals surface area contributed by atoms with Crippen LogP contribution < -0.4 is 4.90 Å². The molecule has 0 fully saturated rings. The molecule has 0 radical (unpaired) electrons. The van der Waals surface area contributed by atoms with Crippen LogP contribution in [-0.2, 0) is 14.3 Å². The molecule has 1 rings (SSSR count). The number of aliphatic carboxylic acids is 2. The predicted octanol–water partition coefficient (Wildman–Crippen LogP) is 0.449. The largest absolute Gasteiger partial charge is 0.480 e. The summed E-state index contributed by atoms with van der Waals surface area (Å²) in [4.78, 5) is 34.2. The molecule has 0 spiro atoms. The highest BCUT2D eigenvalue weighted by Gasteiger charge is 2.20. The Hall–Kier alpha value is -2.57. The molecule has 0 atom stereocenters. The van der Waals surface area contributed by atoms with Gasteiger partial charge in [-0.25, -0.2) is 4.79 Å². The minimum Gasteiger partial charge on any atom is -0.480 e. The molecule has 0 saturated carbocycles. The van der Waals surface area contributed by atoms with Gasteiger partial charge < -0.3 is 19.8 Å². The molecule has 0 aliphatic heterocycles. The van der Waals surface area contributed by atoms with Gasteiger partial charge in [-0.2, -0.15) is 0 Å². The van der Waals surface area contributed by atoms with E-state index in [9.17, 15) is 14.4 Å². The van der Waals surface area contributed by atoms with E-state index < -0.39 is 31.0 Å². The quantitative estimate of drug-likeness (QED) is 0.721. The average molecular weight is 267 g/mol. The van der Waals surface area contributed by atoms with Crippen molar-refractivity contribution < 1.29 is 29.3 Å². The van der Waals surface area contributed by atoms with Crippen molar-refractivity contribution >= 4 is 23.6 Å². The fourth-order valence-electron chi connectivity index (χ4n) is 1.58. The number of carbonyl (C=O) groups excluding carboxylic acids is 1. The highest BCUT2D eigenvalue weighted by Crippen LogP contribution is 2.21. The zero-order chi connectivity index (χ0) is 14.4. The number of esters is 1. The summed E-state index contributed by atoms with van der Waals surface area (Å²) in [5.41, 5.74) is 0.326. The van der Waals surface area contributed by atoms with E-state index in [4.69, 9.17) is 10.2 Å². The van der Waals surface area contributed by atoms with Gasteiger partial charge in [0, 0.05) is 0 Å². The summed E-state index contributed by atoms with van der Waals surface area (Å²) in [5, 5.41) is 17.6. The number of anilines is 1. The number of hydrogen-bond donors (Lipinski definition) is 2. The molecule has 0 aliphatic rings. The Bertz CT molecular complexity index is 483. The minimum atomic E-state index is -1.19. The van der Waals surface area contributed by atoms with Crippen LogP contribution in [0.15, 0.2) is 24.3 Å². The van der Waals surface area contributed by atoms with Crippen LogP contribution in [0.4, 0.5) is 5.69 Å². The summed E-state index contributed by atoms with van der Waals surface area (Å²) in [6.07, 6.45) is 0. The lowest BCUT2D eigenvalue weighted by molar-refractivity contribution is -0.136. The van der Waals surface area contributed by atoms with Gasteiger partial charge in [-0.1, -0.05) is 12.1 Å². The molecule has 102 valence electrons. The summed E-state index contributed by atoms with van der Waals surface area (Å²) in [5.74, 6) is -3.04. The van der Waals surface area contributed by atoms with Crippen LogP contribution in [0.1, 0.15) is 10.4 Å². The molecule has 7 nitrogen and oxygen atoms in total. The first-order chi connectivity index (χ1) is 8.95. The van der Waals surface area contributed by atoms with Crippen LogP contribution in [0, 0.1) is 0 Å². The van der Waals surface area contributed by atoms with Crippen molar-refractivity contribution in [1.29, 1.82) is 0 Å². The maximum absolute atomic E-state index is 11.6. The number of rotatable bonds is 6. The Balaban J connectivity index is 3.17. The topological polar surface area (TPSA) is 104 Å². The molecule has 0 aromatic heterocycles. The molecule has 19 heavy (non-hydrogen) atoms. The number of carbonyl (C=O) groups is 3. The Kier molecular flexibility index (Phi) is 4.87. The second kappa shape index (κ2) is 6.39. The third-order valence-electron chi connectivity index (χ3n) is 2.30. The predicted molar refractivity (Wildman–Crippen MR) is 65.3 cm³/mol. The molecule has 0 heterocycles. The summed E-state index contributed by atoms with van der Waals surface area (Å²) in [6.45, 7) is -1.05. The third-order valence-corrected chi connectivity index (χ3v) is 2.30. The maximum atomic E-state index is 11.6. The number of ether oxygens (including phenoxy) is 1. The van der Waals surface area contributed by atoms with E-state index in [-0.39, 0.29) is 11.3 Å². The molecular formula is C12H13NO6. The van der Waals surface area contributed by atoms with E-state index in [1.54, 1.807) is 12.1 Å². The Morgan fingerprint density at radius 1 is 1.11 bits per heavy atom. The average Bonchev–Trinajstić information content (AvgIpc) is 2.36. The monoisotopic (exact) mass is 267 g/mol. The standard InChI is InChI=1S/C12H13NO6/c1-19-12(18)8-4-2-3-5-9(8)13(6-10(14)15)7-11(16)17/h2-5H,6-7H2,1H3,(H,14,15)(H,16,17). The molecule has 0 unspecified atom stereocenters. The molecule has 0 aliphatic carbocycles. The van der Waals surface area contributed by atoms with Crippen LogP contribution >= 0.6 is 0 Å². The molecule has 1 aromatic rings. The van der Waals surface area contributed by atoms with Crippen molar-refractivity contribution in [3.63, 3.8) is 0 Å². The number of nitrogens with zero attached hydrogens (tertiary/aromatic N) is 1. The summed E-state index contributed by atoms with van der Waals surface area (Å²) < 4.78 is 4.58. The van der Waals surface area contributed by atoms with Gasteiger partial charge in [-0.05, 0) is 12.1 Å². The van der Waals surface area contributed by atoms with Gasteiger partial charge in [-0.15, -0.1) is 0 Å². The van der Waals surface area contributed by atoms with Crippen molar-refractivity contribution in [2.75, 3.05) is 25.1 Å². The first-order valence-electron chi connectivity index (χ1n) is 5.31. The van der Waals surface area contributed by atoms with Gasteiger partial charge >= 0.3 is 17.9 Å². The van der Waals surface area contributed by atoms with E-state index >= 15 is 0 Å². The van der Waals surface area contributed by atoms with Gasteiger partial charge in [0.25, 0.3) is 0 Å². The molecule has 0 saturated heterocycles. The lowest BCUT2D eigenvalue weighted by atomic mass is 10.1. The first kappa shape index (κ1) is 14.5. The number of methoxy groups -OCH3 is 1. The summed E-state index contributed by atoms with van der Waals surface area (Å²) in [6, 6.07) is 6.07. The van der Waals surface area contributed by atoms with Crippen molar-refractivity contribution in [2.45, 2.75) is 0 Å². The van der Waals surface area contributed by atoms with Crippen LogP contribution in [0.3, 0.4) is 0 Å². The van der Waals surface area contributed by atoms with Crippen molar-refractivity contribution in [3.05, 3.63) is 29.8 Å². The van der Waals surface area contributed by atoms with Crippen molar-refractivity contribution in [2.24, 2.45) is 0 Å². The number of benzene rings is 1. The van der Waals surface area contributed by atoms with E-state index in [0.717, 1.165) is 4.90 Å². The van der Waals surface area contributed by atoms with E-state index in [2.05, 4.69) is 4.74 Å². The van der Waals surface area contributed by atoms with Gasteiger partial charge in [-0.3, -0.25) is 9.59 Å². The highest BCUT2D eigenvalue weighted by atomic mass is 16.5. The smallest absolute Gasteiger partial charge is 0.339 e. The first-order valence-corrected chi connectivity index (χ1v) is 5.31. The SMILES string of the molecule is COC(=O)c1ccccc1N(CC(=O)O)CC(=O)O. The number of carboxylic acid groups (broad SMARTS) is 2. The van der Waals surface area contributed by atoms with E-state index in [1.165, 1.54) is 19.2 Å². The molecular weight excluding hydrogens is 254 g/mol. The second-order valence-corrected chi connectivity index (χ2v) is 3.65. The molecule has 0 bridgehead atoms. The van der Waals surface area contributed by atoms with Gasteiger partial charge in [0.15, 0.2) is 0 Å². The Morgan fingerprint density at radius 3 is 2.11 bits per heavy atom. The third kappa shape index (κ3) is 3.98. The number of para-hydroxylation sites is 1. The lowest BCUT2D eigenvalue weighted by Crippen LogP contribution is -2.35. The zero-order valence-corrected chi connectivity index (χ0v) is 10.2. The van der Waals surface area contributed by atoms with Crippen LogP contribution in [-0.4, -0.2) is 48.3 Å².